The van der Waals surface area contributed by atoms with Gasteiger partial charge in [-0.25, -0.2) is 0 Å². The van der Waals surface area contributed by atoms with Crippen LogP contribution in [0.3, 0.4) is 0 Å². The van der Waals surface area contributed by atoms with E-state index in [9.17, 15) is 9.90 Å². The second kappa shape index (κ2) is 6.79. The lowest BCUT2D eigenvalue weighted by Gasteiger charge is -2.18. The van der Waals surface area contributed by atoms with E-state index in [0.717, 1.165) is 0 Å². The lowest BCUT2D eigenvalue weighted by molar-refractivity contribution is -0.145. The zero-order valence-corrected chi connectivity index (χ0v) is 9.41. The van der Waals surface area contributed by atoms with Gasteiger partial charge in [-0.1, -0.05) is 13.8 Å². The Labute approximate surface area is 85.6 Å². The molecule has 0 rings (SSSR count). The van der Waals surface area contributed by atoms with Crippen molar-refractivity contribution in [2.45, 2.75) is 39.8 Å². The third-order valence-corrected chi connectivity index (χ3v) is 2.04. The monoisotopic (exact) mass is 203 g/mol. The SMILES string of the molecule is CCOC(=O)C(C)NCC(O)C(C)C. The first-order valence-electron chi connectivity index (χ1n) is 5.07. The minimum Gasteiger partial charge on any atom is -0.465 e. The predicted octanol–water partition coefficient (Wildman–Crippen LogP) is 0.544. The van der Waals surface area contributed by atoms with Crippen LogP contribution in [-0.2, 0) is 9.53 Å². The molecule has 4 heteroatoms. The highest BCUT2D eigenvalue weighted by Gasteiger charge is 2.16. The molecule has 2 unspecified atom stereocenters. The van der Waals surface area contributed by atoms with Gasteiger partial charge in [-0.2, -0.15) is 0 Å². The summed E-state index contributed by atoms with van der Waals surface area (Å²) in [4.78, 5) is 11.2. The molecule has 0 aliphatic rings. The van der Waals surface area contributed by atoms with E-state index in [1.54, 1.807) is 13.8 Å². The van der Waals surface area contributed by atoms with E-state index in [4.69, 9.17) is 4.74 Å². The van der Waals surface area contributed by atoms with Crippen LogP contribution < -0.4 is 5.32 Å². The zero-order valence-electron chi connectivity index (χ0n) is 9.41. The van der Waals surface area contributed by atoms with Gasteiger partial charge >= 0.3 is 5.97 Å². The van der Waals surface area contributed by atoms with Crippen LogP contribution in [0.15, 0.2) is 0 Å². The molecule has 2 N–H and O–H groups in total. The molecule has 84 valence electrons. The molecule has 0 aromatic heterocycles. The van der Waals surface area contributed by atoms with Crippen LogP contribution in [0.2, 0.25) is 0 Å². The van der Waals surface area contributed by atoms with E-state index in [1.807, 2.05) is 13.8 Å². The summed E-state index contributed by atoms with van der Waals surface area (Å²) in [6, 6.07) is -0.358. The van der Waals surface area contributed by atoms with Gasteiger partial charge in [0.2, 0.25) is 0 Å². The van der Waals surface area contributed by atoms with Crippen molar-refractivity contribution in [3.63, 3.8) is 0 Å². The number of carbonyl (C=O) groups excluding carboxylic acids is 1. The molecule has 0 aliphatic carbocycles. The molecule has 14 heavy (non-hydrogen) atoms. The Bertz CT molecular complexity index is 171. The lowest BCUT2D eigenvalue weighted by atomic mass is 10.1. The molecule has 0 spiro atoms. The van der Waals surface area contributed by atoms with Gasteiger partial charge in [0, 0.05) is 6.54 Å². The average Bonchev–Trinajstić information content (AvgIpc) is 2.13. The predicted molar refractivity (Wildman–Crippen MR) is 54.9 cm³/mol. The number of aliphatic hydroxyl groups is 1. The maximum absolute atomic E-state index is 11.2. The normalized spacial score (nSPS) is 15.3. The highest BCUT2D eigenvalue weighted by atomic mass is 16.5. The van der Waals surface area contributed by atoms with Gasteiger partial charge in [-0.05, 0) is 19.8 Å². The molecule has 0 saturated carbocycles. The summed E-state index contributed by atoms with van der Waals surface area (Å²) in [5.74, 6) is -0.0830. The summed E-state index contributed by atoms with van der Waals surface area (Å²) in [6.07, 6.45) is -0.424. The number of esters is 1. The van der Waals surface area contributed by atoms with Gasteiger partial charge in [0.1, 0.15) is 6.04 Å². The van der Waals surface area contributed by atoms with E-state index in [2.05, 4.69) is 5.32 Å². The molecule has 0 fully saturated rings. The van der Waals surface area contributed by atoms with Gasteiger partial charge in [-0.3, -0.25) is 4.79 Å². The summed E-state index contributed by atoms with van der Waals surface area (Å²) in [7, 11) is 0. The van der Waals surface area contributed by atoms with Crippen molar-refractivity contribution in [2.24, 2.45) is 5.92 Å². The molecule has 0 heterocycles. The maximum atomic E-state index is 11.2. The summed E-state index contributed by atoms with van der Waals surface area (Å²) < 4.78 is 4.81. The number of hydrogen-bond acceptors (Lipinski definition) is 4. The van der Waals surface area contributed by atoms with E-state index in [-0.39, 0.29) is 17.9 Å². The van der Waals surface area contributed by atoms with E-state index in [1.165, 1.54) is 0 Å². The molecule has 0 radical (unpaired) electrons. The standard InChI is InChI=1S/C10H21NO3/c1-5-14-10(13)8(4)11-6-9(12)7(2)3/h7-9,11-12H,5-6H2,1-4H3. The minimum absolute atomic E-state index is 0.192. The molecule has 0 saturated heterocycles. The Kier molecular flexibility index (Phi) is 6.49. The average molecular weight is 203 g/mol. The van der Waals surface area contributed by atoms with Gasteiger partial charge in [0.15, 0.2) is 0 Å². The van der Waals surface area contributed by atoms with Crippen LogP contribution in [-0.4, -0.2) is 36.4 Å². The van der Waals surface area contributed by atoms with Gasteiger partial charge in [-0.15, -0.1) is 0 Å². The topological polar surface area (TPSA) is 58.6 Å². The van der Waals surface area contributed by atoms with E-state index >= 15 is 0 Å². The van der Waals surface area contributed by atoms with Crippen molar-refractivity contribution in [1.82, 2.24) is 5.32 Å². The zero-order chi connectivity index (χ0) is 11.1. The lowest BCUT2D eigenvalue weighted by Crippen LogP contribution is -2.41. The molecule has 2 atom stereocenters. The number of rotatable bonds is 6. The minimum atomic E-state index is -0.424. The maximum Gasteiger partial charge on any atom is 0.322 e. The highest BCUT2D eigenvalue weighted by Crippen LogP contribution is 1.99. The number of hydrogen-bond donors (Lipinski definition) is 2. The Morgan fingerprint density at radius 3 is 2.43 bits per heavy atom. The van der Waals surface area contributed by atoms with Crippen molar-refractivity contribution in [1.29, 1.82) is 0 Å². The van der Waals surface area contributed by atoms with Gasteiger partial charge in [0.05, 0.1) is 12.7 Å². The van der Waals surface area contributed by atoms with Crippen LogP contribution in [0.4, 0.5) is 0 Å². The Morgan fingerprint density at radius 1 is 1.43 bits per heavy atom. The molecular weight excluding hydrogens is 182 g/mol. The van der Waals surface area contributed by atoms with Crippen molar-refractivity contribution < 1.29 is 14.6 Å². The van der Waals surface area contributed by atoms with Crippen LogP contribution in [0.5, 0.6) is 0 Å². The van der Waals surface area contributed by atoms with Crippen LogP contribution in [0, 0.1) is 5.92 Å². The molecular formula is C10H21NO3. The first kappa shape index (κ1) is 13.4. The Morgan fingerprint density at radius 2 is 2.00 bits per heavy atom. The summed E-state index contributed by atoms with van der Waals surface area (Å²) in [5, 5.41) is 12.4. The molecule has 4 nitrogen and oxygen atoms in total. The third-order valence-electron chi connectivity index (χ3n) is 2.04. The van der Waals surface area contributed by atoms with E-state index < -0.39 is 6.10 Å². The number of ether oxygens (including phenoxy) is 1. The fraction of sp³-hybridized carbons (Fsp3) is 0.900. The van der Waals surface area contributed by atoms with Crippen molar-refractivity contribution in [2.75, 3.05) is 13.2 Å². The number of aliphatic hydroxyl groups excluding tert-OH is 1. The smallest absolute Gasteiger partial charge is 0.322 e. The van der Waals surface area contributed by atoms with E-state index in [0.29, 0.717) is 13.2 Å². The fourth-order valence-corrected chi connectivity index (χ4v) is 0.884. The number of nitrogens with one attached hydrogen (secondary N) is 1. The molecule has 0 aliphatic heterocycles. The Hall–Kier alpha value is -0.610. The summed E-state index contributed by atoms with van der Waals surface area (Å²) >= 11 is 0. The largest absolute Gasteiger partial charge is 0.465 e. The van der Waals surface area contributed by atoms with Gasteiger partial charge in [0.25, 0.3) is 0 Å². The van der Waals surface area contributed by atoms with Crippen molar-refractivity contribution >= 4 is 5.97 Å². The second-order valence-electron chi connectivity index (χ2n) is 3.69. The second-order valence-corrected chi connectivity index (χ2v) is 3.69. The van der Waals surface area contributed by atoms with Crippen LogP contribution in [0.25, 0.3) is 0 Å². The molecule has 0 aromatic carbocycles. The molecule has 0 aromatic rings. The summed E-state index contributed by atoms with van der Waals surface area (Å²) in [6.45, 7) is 8.16. The third kappa shape index (κ3) is 5.19. The first-order valence-corrected chi connectivity index (χ1v) is 5.07. The van der Waals surface area contributed by atoms with Crippen molar-refractivity contribution in [3.05, 3.63) is 0 Å². The van der Waals surface area contributed by atoms with Crippen LogP contribution in [0.1, 0.15) is 27.7 Å². The molecule has 0 amide bonds. The van der Waals surface area contributed by atoms with Crippen molar-refractivity contribution in [3.8, 4) is 0 Å². The van der Waals surface area contributed by atoms with Gasteiger partial charge < -0.3 is 15.2 Å². The van der Waals surface area contributed by atoms with Crippen LogP contribution >= 0.6 is 0 Å². The first-order chi connectivity index (χ1) is 6.49. The Balaban J connectivity index is 3.72. The summed E-state index contributed by atoms with van der Waals surface area (Å²) in [5.41, 5.74) is 0. The quantitative estimate of drug-likeness (QED) is 0.619. The highest BCUT2D eigenvalue weighted by molar-refractivity contribution is 5.75. The number of carbonyl (C=O) groups is 1. The fourth-order valence-electron chi connectivity index (χ4n) is 0.884. The molecule has 0 bridgehead atoms.